The van der Waals surface area contributed by atoms with Crippen LogP contribution in [0.5, 0.6) is 0 Å². The standard InChI is InChI=1S/C20H19FN4O2/c1-13-11-18(22-12-14-3-7-16(21)8-4-14)25-20(23-13)24-17-9-5-15(6-10-17)19(26)27-2/h3-11H,12H2,1-2H3,(H2,22,23,24,25). The number of benzene rings is 2. The van der Waals surface area contributed by atoms with Crippen LogP contribution >= 0.6 is 0 Å². The molecule has 2 N–H and O–H groups in total. The molecule has 1 aromatic heterocycles. The van der Waals surface area contributed by atoms with Gasteiger partial charge in [-0.25, -0.2) is 14.2 Å². The third-order valence-electron chi connectivity index (χ3n) is 3.80. The lowest BCUT2D eigenvalue weighted by molar-refractivity contribution is 0.0601. The Labute approximate surface area is 156 Å². The van der Waals surface area contributed by atoms with Crippen molar-refractivity contribution < 1.29 is 13.9 Å². The van der Waals surface area contributed by atoms with Gasteiger partial charge in [0.05, 0.1) is 12.7 Å². The van der Waals surface area contributed by atoms with Gasteiger partial charge < -0.3 is 15.4 Å². The smallest absolute Gasteiger partial charge is 0.337 e. The number of carbonyl (C=O) groups is 1. The van der Waals surface area contributed by atoms with Gasteiger partial charge in [0, 0.05) is 24.0 Å². The van der Waals surface area contributed by atoms with E-state index < -0.39 is 0 Å². The molecule has 7 heteroatoms. The Morgan fingerprint density at radius 1 is 1.07 bits per heavy atom. The van der Waals surface area contributed by atoms with Gasteiger partial charge in [-0.15, -0.1) is 0 Å². The van der Waals surface area contributed by atoms with Crippen LogP contribution in [0.4, 0.5) is 21.8 Å². The molecule has 0 atom stereocenters. The number of methoxy groups -OCH3 is 1. The Kier molecular flexibility index (Phi) is 5.61. The highest BCUT2D eigenvalue weighted by Gasteiger charge is 2.06. The lowest BCUT2D eigenvalue weighted by Gasteiger charge is -2.10. The number of nitrogens with one attached hydrogen (secondary N) is 2. The van der Waals surface area contributed by atoms with Gasteiger partial charge in [-0.05, 0) is 48.9 Å². The molecule has 0 aliphatic heterocycles. The molecule has 0 bridgehead atoms. The normalized spacial score (nSPS) is 10.3. The van der Waals surface area contributed by atoms with Crippen molar-refractivity contribution in [3.05, 3.63) is 77.2 Å². The Bertz CT molecular complexity index is 928. The maximum atomic E-state index is 13.0. The summed E-state index contributed by atoms with van der Waals surface area (Å²) in [5.41, 5.74) is 2.95. The Balaban J connectivity index is 1.69. The molecule has 138 valence electrons. The first kappa shape index (κ1) is 18.3. The third-order valence-corrected chi connectivity index (χ3v) is 3.80. The van der Waals surface area contributed by atoms with Crippen LogP contribution in [0, 0.1) is 12.7 Å². The van der Waals surface area contributed by atoms with Gasteiger partial charge in [0.1, 0.15) is 11.6 Å². The van der Waals surface area contributed by atoms with Gasteiger partial charge in [0.25, 0.3) is 0 Å². The molecule has 6 nitrogen and oxygen atoms in total. The average Bonchev–Trinajstić information content (AvgIpc) is 2.67. The molecule has 0 saturated heterocycles. The molecule has 3 rings (SSSR count). The summed E-state index contributed by atoms with van der Waals surface area (Å²) in [4.78, 5) is 20.3. The summed E-state index contributed by atoms with van der Waals surface area (Å²) in [7, 11) is 1.34. The zero-order valence-electron chi connectivity index (χ0n) is 15.0. The van der Waals surface area contributed by atoms with E-state index in [4.69, 9.17) is 0 Å². The van der Waals surface area contributed by atoms with Crippen molar-refractivity contribution in [1.29, 1.82) is 0 Å². The molecule has 3 aromatic rings. The highest BCUT2D eigenvalue weighted by Crippen LogP contribution is 2.17. The molecular formula is C20H19FN4O2. The van der Waals surface area contributed by atoms with E-state index in [0.717, 1.165) is 16.9 Å². The molecule has 0 fully saturated rings. The molecule has 0 radical (unpaired) electrons. The summed E-state index contributed by atoms with van der Waals surface area (Å²) in [6.45, 7) is 2.39. The minimum atomic E-state index is -0.388. The van der Waals surface area contributed by atoms with Gasteiger partial charge in [0.15, 0.2) is 0 Å². The molecule has 0 aliphatic rings. The minimum absolute atomic E-state index is 0.263. The van der Waals surface area contributed by atoms with Gasteiger partial charge in [-0.1, -0.05) is 12.1 Å². The van der Waals surface area contributed by atoms with E-state index in [-0.39, 0.29) is 11.8 Å². The van der Waals surface area contributed by atoms with Crippen molar-refractivity contribution in [3.63, 3.8) is 0 Å². The predicted molar refractivity (Wildman–Crippen MR) is 102 cm³/mol. The number of aromatic nitrogens is 2. The van der Waals surface area contributed by atoms with Crippen molar-refractivity contribution >= 4 is 23.4 Å². The highest BCUT2D eigenvalue weighted by molar-refractivity contribution is 5.89. The summed E-state index contributed by atoms with van der Waals surface area (Å²) >= 11 is 0. The number of rotatable bonds is 6. The zero-order chi connectivity index (χ0) is 19.2. The van der Waals surface area contributed by atoms with E-state index in [2.05, 4.69) is 25.3 Å². The number of halogens is 1. The number of esters is 1. The van der Waals surface area contributed by atoms with Crippen molar-refractivity contribution in [2.45, 2.75) is 13.5 Å². The third kappa shape index (κ3) is 5.01. The molecule has 2 aromatic carbocycles. The molecule has 27 heavy (non-hydrogen) atoms. The fourth-order valence-corrected chi connectivity index (χ4v) is 2.45. The van der Waals surface area contributed by atoms with Gasteiger partial charge in [0.2, 0.25) is 5.95 Å². The number of carbonyl (C=O) groups excluding carboxylic acids is 1. The van der Waals surface area contributed by atoms with E-state index in [9.17, 15) is 9.18 Å². The van der Waals surface area contributed by atoms with E-state index in [0.29, 0.717) is 23.9 Å². The van der Waals surface area contributed by atoms with Gasteiger partial charge >= 0.3 is 5.97 Å². The van der Waals surface area contributed by atoms with Crippen molar-refractivity contribution in [3.8, 4) is 0 Å². The van der Waals surface area contributed by atoms with Crippen molar-refractivity contribution in [2.24, 2.45) is 0 Å². The van der Waals surface area contributed by atoms with Crippen molar-refractivity contribution in [2.75, 3.05) is 17.7 Å². The molecule has 1 heterocycles. The lowest BCUT2D eigenvalue weighted by Crippen LogP contribution is -2.06. The van der Waals surface area contributed by atoms with Crippen LogP contribution in [0.15, 0.2) is 54.6 Å². The zero-order valence-corrected chi connectivity index (χ0v) is 15.0. The van der Waals surface area contributed by atoms with Crippen LogP contribution in [0.3, 0.4) is 0 Å². The topological polar surface area (TPSA) is 76.1 Å². The van der Waals surface area contributed by atoms with Gasteiger partial charge in [-0.3, -0.25) is 0 Å². The second kappa shape index (κ2) is 8.27. The first-order chi connectivity index (χ1) is 13.0. The summed E-state index contributed by atoms with van der Waals surface area (Å²) in [6, 6.07) is 15.0. The summed E-state index contributed by atoms with van der Waals surface area (Å²) < 4.78 is 17.7. The summed E-state index contributed by atoms with van der Waals surface area (Å²) in [5.74, 6) is 0.435. The first-order valence-electron chi connectivity index (χ1n) is 8.33. The maximum Gasteiger partial charge on any atom is 0.337 e. The molecular weight excluding hydrogens is 347 g/mol. The van der Waals surface area contributed by atoms with Crippen LogP contribution in [-0.2, 0) is 11.3 Å². The van der Waals surface area contributed by atoms with E-state index in [1.165, 1.54) is 19.2 Å². The molecule has 0 saturated carbocycles. The van der Waals surface area contributed by atoms with Crippen LogP contribution in [0.2, 0.25) is 0 Å². The van der Waals surface area contributed by atoms with E-state index in [1.807, 2.05) is 13.0 Å². The number of ether oxygens (including phenoxy) is 1. The number of nitrogens with zero attached hydrogens (tertiary/aromatic N) is 2. The van der Waals surface area contributed by atoms with E-state index in [1.54, 1.807) is 36.4 Å². The predicted octanol–water partition coefficient (Wildman–Crippen LogP) is 4.07. The second-order valence-electron chi connectivity index (χ2n) is 5.89. The minimum Gasteiger partial charge on any atom is -0.465 e. The summed E-state index contributed by atoms with van der Waals surface area (Å²) in [6.07, 6.45) is 0. The largest absolute Gasteiger partial charge is 0.465 e. The number of hydrogen-bond acceptors (Lipinski definition) is 6. The fourth-order valence-electron chi connectivity index (χ4n) is 2.45. The monoisotopic (exact) mass is 366 g/mol. The number of aryl methyl sites for hydroxylation is 1. The van der Waals surface area contributed by atoms with Crippen LogP contribution in [-0.4, -0.2) is 23.0 Å². The van der Waals surface area contributed by atoms with Crippen LogP contribution < -0.4 is 10.6 Å². The molecule has 0 unspecified atom stereocenters. The first-order valence-corrected chi connectivity index (χ1v) is 8.33. The average molecular weight is 366 g/mol. The number of hydrogen-bond donors (Lipinski definition) is 2. The van der Waals surface area contributed by atoms with Crippen LogP contribution in [0.1, 0.15) is 21.6 Å². The fraction of sp³-hybridized carbons (Fsp3) is 0.150. The molecule has 0 amide bonds. The van der Waals surface area contributed by atoms with Crippen molar-refractivity contribution in [1.82, 2.24) is 9.97 Å². The quantitative estimate of drug-likeness (QED) is 0.641. The SMILES string of the molecule is COC(=O)c1ccc(Nc2nc(C)cc(NCc3ccc(F)cc3)n2)cc1. The molecule has 0 aliphatic carbocycles. The molecule has 0 spiro atoms. The lowest BCUT2D eigenvalue weighted by atomic mass is 10.2. The highest BCUT2D eigenvalue weighted by atomic mass is 19.1. The number of anilines is 3. The Hall–Kier alpha value is -3.48. The second-order valence-corrected chi connectivity index (χ2v) is 5.89. The maximum absolute atomic E-state index is 13.0. The summed E-state index contributed by atoms with van der Waals surface area (Å²) in [5, 5.41) is 6.32. The van der Waals surface area contributed by atoms with Crippen LogP contribution in [0.25, 0.3) is 0 Å². The van der Waals surface area contributed by atoms with E-state index >= 15 is 0 Å². The Morgan fingerprint density at radius 3 is 2.44 bits per heavy atom. The Morgan fingerprint density at radius 2 is 1.78 bits per heavy atom. The van der Waals surface area contributed by atoms with Gasteiger partial charge in [-0.2, -0.15) is 4.98 Å².